The average Bonchev–Trinajstić information content (AvgIpc) is 2.79. The first-order chi connectivity index (χ1) is 9.58. The molecular formula is C18H24O2. The Morgan fingerprint density at radius 3 is 2.95 bits per heavy atom. The fourth-order valence-electron chi connectivity index (χ4n) is 5.53. The molecule has 2 saturated carbocycles. The summed E-state index contributed by atoms with van der Waals surface area (Å²) in [5, 5.41) is 10.7. The van der Waals surface area contributed by atoms with Crippen molar-refractivity contribution in [2.75, 3.05) is 0 Å². The summed E-state index contributed by atoms with van der Waals surface area (Å²) in [5.74, 6) is 1.31. The largest absolute Gasteiger partial charge is 0.392 e. The number of aliphatic hydroxyl groups is 1. The van der Waals surface area contributed by atoms with E-state index in [1.165, 1.54) is 36.8 Å². The molecule has 0 radical (unpaired) electrons. The normalized spacial score (nSPS) is 43.8. The monoisotopic (exact) mass is 272 g/mol. The summed E-state index contributed by atoms with van der Waals surface area (Å²) in [6, 6.07) is 0. The van der Waals surface area contributed by atoms with E-state index in [-0.39, 0.29) is 11.9 Å². The standard InChI is InChI=1S/C18H24O2/c1-18-7-2-3-15(18)17-14(6-8-18)13-5-4-12(19)9-11(13)10-16(17)20/h9,15-17,20H,2-8,10H2,1H3/t15-,16?,17+,18-/m0/s1. The van der Waals surface area contributed by atoms with Crippen LogP contribution in [0.4, 0.5) is 0 Å². The molecule has 0 spiro atoms. The van der Waals surface area contributed by atoms with Gasteiger partial charge in [0.1, 0.15) is 0 Å². The predicted molar refractivity (Wildman–Crippen MR) is 78.1 cm³/mol. The van der Waals surface area contributed by atoms with E-state index in [1.54, 1.807) is 0 Å². The molecule has 4 atom stereocenters. The molecule has 0 aromatic rings. The number of carbonyl (C=O) groups excluding carboxylic acids is 1. The quantitative estimate of drug-likeness (QED) is 0.732. The van der Waals surface area contributed by atoms with Crippen molar-refractivity contribution in [3.8, 4) is 0 Å². The lowest BCUT2D eigenvalue weighted by atomic mass is 9.57. The number of carbonyl (C=O) groups is 1. The lowest BCUT2D eigenvalue weighted by Crippen LogP contribution is -2.43. The molecule has 2 heteroatoms. The van der Waals surface area contributed by atoms with E-state index in [9.17, 15) is 9.90 Å². The number of fused-ring (bicyclic) bond motifs is 4. The van der Waals surface area contributed by atoms with E-state index in [4.69, 9.17) is 0 Å². The van der Waals surface area contributed by atoms with Crippen LogP contribution in [0.15, 0.2) is 22.8 Å². The molecule has 0 saturated heterocycles. The molecule has 4 aliphatic rings. The maximum Gasteiger partial charge on any atom is 0.156 e. The van der Waals surface area contributed by atoms with Crippen LogP contribution in [0.25, 0.3) is 0 Å². The summed E-state index contributed by atoms with van der Waals surface area (Å²) in [6.45, 7) is 2.44. The van der Waals surface area contributed by atoms with E-state index in [2.05, 4.69) is 6.92 Å². The Kier molecular flexibility index (Phi) is 2.76. The molecule has 0 heterocycles. The van der Waals surface area contributed by atoms with Gasteiger partial charge in [-0.1, -0.05) is 18.9 Å². The van der Waals surface area contributed by atoms with E-state index < -0.39 is 0 Å². The maximum absolute atomic E-state index is 11.6. The minimum Gasteiger partial charge on any atom is -0.392 e. The molecule has 0 aromatic heterocycles. The number of allylic oxidation sites excluding steroid dienone is 2. The van der Waals surface area contributed by atoms with Crippen LogP contribution in [0, 0.1) is 17.3 Å². The molecule has 0 bridgehead atoms. The summed E-state index contributed by atoms with van der Waals surface area (Å²) in [6.07, 6.45) is 10.2. The molecule has 0 aromatic carbocycles. The number of hydrogen-bond donors (Lipinski definition) is 1. The molecular weight excluding hydrogens is 248 g/mol. The lowest BCUT2D eigenvalue weighted by Gasteiger charge is -2.49. The van der Waals surface area contributed by atoms with Crippen LogP contribution < -0.4 is 0 Å². The summed E-state index contributed by atoms with van der Waals surface area (Å²) >= 11 is 0. The molecule has 0 amide bonds. The summed E-state index contributed by atoms with van der Waals surface area (Å²) < 4.78 is 0. The fourth-order valence-corrected chi connectivity index (χ4v) is 5.53. The van der Waals surface area contributed by atoms with Gasteiger partial charge in [0.15, 0.2) is 5.78 Å². The van der Waals surface area contributed by atoms with E-state index in [1.807, 2.05) is 6.08 Å². The Hall–Kier alpha value is -0.890. The second-order valence-corrected chi connectivity index (χ2v) is 7.59. The van der Waals surface area contributed by atoms with Crippen molar-refractivity contribution in [2.24, 2.45) is 17.3 Å². The molecule has 2 nitrogen and oxygen atoms in total. The number of aliphatic hydroxyl groups excluding tert-OH is 1. The molecule has 4 rings (SSSR count). The van der Waals surface area contributed by atoms with Crippen molar-refractivity contribution in [3.05, 3.63) is 22.8 Å². The van der Waals surface area contributed by atoms with Crippen LogP contribution in [0.5, 0.6) is 0 Å². The van der Waals surface area contributed by atoms with Gasteiger partial charge in [-0.05, 0) is 67.1 Å². The zero-order valence-electron chi connectivity index (χ0n) is 12.3. The van der Waals surface area contributed by atoms with Gasteiger partial charge in [-0.25, -0.2) is 0 Å². The van der Waals surface area contributed by atoms with Gasteiger partial charge in [0, 0.05) is 12.3 Å². The van der Waals surface area contributed by atoms with E-state index >= 15 is 0 Å². The third kappa shape index (κ3) is 1.70. The Morgan fingerprint density at radius 2 is 2.10 bits per heavy atom. The Morgan fingerprint density at radius 1 is 1.25 bits per heavy atom. The van der Waals surface area contributed by atoms with E-state index in [0.717, 1.165) is 18.4 Å². The van der Waals surface area contributed by atoms with Gasteiger partial charge in [-0.3, -0.25) is 4.79 Å². The van der Waals surface area contributed by atoms with Crippen molar-refractivity contribution in [1.82, 2.24) is 0 Å². The van der Waals surface area contributed by atoms with Crippen molar-refractivity contribution < 1.29 is 9.90 Å². The molecule has 20 heavy (non-hydrogen) atoms. The molecule has 0 aliphatic heterocycles. The highest BCUT2D eigenvalue weighted by molar-refractivity contribution is 5.93. The molecule has 1 N–H and O–H groups in total. The number of ketones is 1. The van der Waals surface area contributed by atoms with Crippen molar-refractivity contribution >= 4 is 5.78 Å². The second-order valence-electron chi connectivity index (χ2n) is 7.59. The Labute approximate surface area is 120 Å². The van der Waals surface area contributed by atoms with Gasteiger partial charge < -0.3 is 5.11 Å². The van der Waals surface area contributed by atoms with Crippen LogP contribution in [-0.2, 0) is 4.79 Å². The fraction of sp³-hybridized carbons (Fsp3) is 0.722. The van der Waals surface area contributed by atoms with Gasteiger partial charge in [-0.15, -0.1) is 0 Å². The molecule has 2 fully saturated rings. The minimum atomic E-state index is -0.256. The van der Waals surface area contributed by atoms with Gasteiger partial charge in [0.05, 0.1) is 6.10 Å². The smallest absolute Gasteiger partial charge is 0.156 e. The lowest BCUT2D eigenvalue weighted by molar-refractivity contribution is -0.114. The van der Waals surface area contributed by atoms with Crippen LogP contribution in [0.3, 0.4) is 0 Å². The third-order valence-electron chi connectivity index (χ3n) is 6.53. The summed E-state index contributed by atoms with van der Waals surface area (Å²) in [5.41, 5.74) is 4.59. The zero-order valence-corrected chi connectivity index (χ0v) is 12.3. The van der Waals surface area contributed by atoms with Crippen LogP contribution in [0.2, 0.25) is 0 Å². The first-order valence-corrected chi connectivity index (χ1v) is 8.22. The highest BCUT2D eigenvalue weighted by Crippen LogP contribution is 2.59. The second kappa shape index (κ2) is 4.30. The van der Waals surface area contributed by atoms with Gasteiger partial charge in [0.25, 0.3) is 0 Å². The minimum absolute atomic E-state index is 0.247. The first kappa shape index (κ1) is 12.8. The maximum atomic E-state index is 11.6. The van der Waals surface area contributed by atoms with Crippen molar-refractivity contribution in [2.45, 2.75) is 64.4 Å². The van der Waals surface area contributed by atoms with Crippen LogP contribution >= 0.6 is 0 Å². The van der Waals surface area contributed by atoms with Crippen LogP contribution in [-0.4, -0.2) is 17.0 Å². The van der Waals surface area contributed by atoms with E-state index in [0.29, 0.717) is 30.1 Å². The molecule has 1 unspecified atom stereocenters. The van der Waals surface area contributed by atoms with Crippen LogP contribution in [0.1, 0.15) is 58.3 Å². The third-order valence-corrected chi connectivity index (χ3v) is 6.53. The highest BCUT2D eigenvalue weighted by Gasteiger charge is 2.51. The topological polar surface area (TPSA) is 37.3 Å². The molecule has 4 aliphatic carbocycles. The first-order valence-electron chi connectivity index (χ1n) is 8.22. The van der Waals surface area contributed by atoms with Crippen molar-refractivity contribution in [3.63, 3.8) is 0 Å². The van der Waals surface area contributed by atoms with Gasteiger partial charge >= 0.3 is 0 Å². The Balaban J connectivity index is 1.79. The van der Waals surface area contributed by atoms with Gasteiger partial charge in [-0.2, -0.15) is 0 Å². The SMILES string of the molecule is C[C@@]12CCC[C@H]1[C@H]1C(=C3CCC(=O)C=C3CC1O)CC2. The number of rotatable bonds is 0. The van der Waals surface area contributed by atoms with Gasteiger partial charge in [0.2, 0.25) is 0 Å². The average molecular weight is 272 g/mol. The summed E-state index contributed by atoms with van der Waals surface area (Å²) in [4.78, 5) is 11.6. The highest BCUT2D eigenvalue weighted by atomic mass is 16.3. The zero-order chi connectivity index (χ0) is 13.9. The molecule has 108 valence electrons. The Bertz CT molecular complexity index is 528. The predicted octanol–water partition coefficient (Wildman–Crippen LogP) is 3.55. The number of hydrogen-bond acceptors (Lipinski definition) is 2. The summed E-state index contributed by atoms with van der Waals surface area (Å²) in [7, 11) is 0. The van der Waals surface area contributed by atoms with Crippen molar-refractivity contribution in [1.29, 1.82) is 0 Å².